The van der Waals surface area contributed by atoms with Crippen molar-refractivity contribution < 1.29 is 13.9 Å². The van der Waals surface area contributed by atoms with E-state index in [1.165, 1.54) is 18.2 Å². The lowest BCUT2D eigenvalue weighted by atomic mass is 10.2. The first kappa shape index (κ1) is 15.2. The SMILES string of the molecule is O=C(NCCCOCCCl)c1cccc(Cl)c1F. The third kappa shape index (κ3) is 4.80. The monoisotopic (exact) mass is 293 g/mol. The Hall–Kier alpha value is -0.840. The van der Waals surface area contributed by atoms with Gasteiger partial charge in [0.1, 0.15) is 0 Å². The molecule has 0 heterocycles. The number of hydrogen-bond acceptors (Lipinski definition) is 2. The molecule has 100 valence electrons. The van der Waals surface area contributed by atoms with Gasteiger partial charge in [-0.05, 0) is 18.6 Å². The number of alkyl halides is 1. The molecule has 0 atom stereocenters. The molecule has 0 aliphatic heterocycles. The molecule has 0 saturated carbocycles. The van der Waals surface area contributed by atoms with Gasteiger partial charge in [0.15, 0.2) is 5.82 Å². The molecule has 1 aromatic rings. The van der Waals surface area contributed by atoms with Gasteiger partial charge in [0, 0.05) is 19.0 Å². The Morgan fingerprint density at radius 3 is 2.89 bits per heavy atom. The molecule has 0 aliphatic carbocycles. The summed E-state index contributed by atoms with van der Waals surface area (Å²) >= 11 is 11.0. The molecule has 18 heavy (non-hydrogen) atoms. The van der Waals surface area contributed by atoms with Gasteiger partial charge < -0.3 is 10.1 Å². The first-order chi connectivity index (χ1) is 8.66. The maximum atomic E-state index is 13.5. The van der Waals surface area contributed by atoms with Gasteiger partial charge >= 0.3 is 0 Å². The molecule has 0 unspecified atom stereocenters. The van der Waals surface area contributed by atoms with E-state index < -0.39 is 11.7 Å². The molecule has 0 aromatic heterocycles. The first-order valence-corrected chi connectivity index (χ1v) is 6.44. The standard InChI is InChI=1S/C12H14Cl2FNO2/c13-5-8-18-7-2-6-16-12(17)9-3-1-4-10(14)11(9)15/h1,3-4H,2,5-8H2,(H,16,17). The second-order valence-electron chi connectivity index (χ2n) is 3.51. The van der Waals surface area contributed by atoms with E-state index in [1.54, 1.807) is 0 Å². The Bertz CT molecular complexity index is 402. The summed E-state index contributed by atoms with van der Waals surface area (Å²) in [6, 6.07) is 4.32. The summed E-state index contributed by atoms with van der Waals surface area (Å²) in [4.78, 5) is 11.6. The molecule has 0 saturated heterocycles. The van der Waals surface area contributed by atoms with Crippen molar-refractivity contribution in [2.24, 2.45) is 0 Å². The number of carbonyl (C=O) groups is 1. The molecule has 3 nitrogen and oxygen atoms in total. The van der Waals surface area contributed by atoms with Gasteiger partial charge in [-0.3, -0.25) is 4.79 Å². The molecule has 1 rings (SSSR count). The van der Waals surface area contributed by atoms with Crippen molar-refractivity contribution in [1.82, 2.24) is 5.32 Å². The third-order valence-electron chi connectivity index (χ3n) is 2.17. The Morgan fingerprint density at radius 2 is 2.17 bits per heavy atom. The first-order valence-electron chi connectivity index (χ1n) is 5.52. The fourth-order valence-electron chi connectivity index (χ4n) is 1.31. The van der Waals surface area contributed by atoms with E-state index in [0.717, 1.165) is 0 Å². The van der Waals surface area contributed by atoms with Gasteiger partial charge in [-0.1, -0.05) is 17.7 Å². The van der Waals surface area contributed by atoms with E-state index in [4.69, 9.17) is 27.9 Å². The molecule has 6 heteroatoms. The highest BCUT2D eigenvalue weighted by atomic mass is 35.5. The largest absolute Gasteiger partial charge is 0.380 e. The number of ether oxygens (including phenoxy) is 1. The van der Waals surface area contributed by atoms with Crippen LogP contribution in [0.25, 0.3) is 0 Å². The van der Waals surface area contributed by atoms with Crippen molar-refractivity contribution in [3.63, 3.8) is 0 Å². The van der Waals surface area contributed by atoms with Gasteiger partial charge in [-0.2, -0.15) is 0 Å². The van der Waals surface area contributed by atoms with Crippen molar-refractivity contribution in [2.45, 2.75) is 6.42 Å². The Kier molecular flexibility index (Phi) is 7.01. The van der Waals surface area contributed by atoms with Crippen LogP contribution < -0.4 is 5.32 Å². The molecule has 1 aromatic carbocycles. The summed E-state index contributed by atoms with van der Waals surface area (Å²) in [6.45, 7) is 1.40. The Balaban J connectivity index is 2.35. The van der Waals surface area contributed by atoms with Crippen molar-refractivity contribution >= 4 is 29.1 Å². The zero-order valence-corrected chi connectivity index (χ0v) is 11.2. The van der Waals surface area contributed by atoms with Gasteiger partial charge in [0.2, 0.25) is 0 Å². The van der Waals surface area contributed by atoms with Gasteiger partial charge in [-0.15, -0.1) is 11.6 Å². The number of carbonyl (C=O) groups excluding carboxylic acids is 1. The predicted octanol–water partition coefficient (Wildman–Crippen LogP) is 2.85. The fraction of sp³-hybridized carbons (Fsp3) is 0.417. The van der Waals surface area contributed by atoms with Crippen molar-refractivity contribution in [2.75, 3.05) is 25.6 Å². The highest BCUT2D eigenvalue weighted by Crippen LogP contribution is 2.17. The summed E-state index contributed by atoms with van der Waals surface area (Å²) in [7, 11) is 0. The van der Waals surface area contributed by atoms with Crippen LogP contribution in [0, 0.1) is 5.82 Å². The fourth-order valence-corrected chi connectivity index (χ4v) is 1.59. The van der Waals surface area contributed by atoms with E-state index in [2.05, 4.69) is 5.32 Å². The van der Waals surface area contributed by atoms with Crippen LogP contribution in [0.15, 0.2) is 18.2 Å². The van der Waals surface area contributed by atoms with E-state index in [-0.39, 0.29) is 10.6 Å². The maximum absolute atomic E-state index is 13.5. The van der Waals surface area contributed by atoms with Gasteiger partial charge in [0.25, 0.3) is 5.91 Å². The normalized spacial score (nSPS) is 10.4. The molecule has 0 spiro atoms. The summed E-state index contributed by atoms with van der Waals surface area (Å²) in [6.07, 6.45) is 0.644. The van der Waals surface area contributed by atoms with Crippen molar-refractivity contribution in [3.05, 3.63) is 34.6 Å². The van der Waals surface area contributed by atoms with Crippen LogP contribution in [-0.2, 0) is 4.74 Å². The van der Waals surface area contributed by atoms with Crippen LogP contribution in [0.3, 0.4) is 0 Å². The van der Waals surface area contributed by atoms with Crippen molar-refractivity contribution in [1.29, 1.82) is 0 Å². The lowest BCUT2D eigenvalue weighted by Crippen LogP contribution is -2.26. The lowest BCUT2D eigenvalue weighted by Gasteiger charge is -2.07. The Labute approximate surface area is 115 Å². The molecule has 0 fully saturated rings. The summed E-state index contributed by atoms with van der Waals surface area (Å²) in [5, 5.41) is 2.53. The average Bonchev–Trinajstić information content (AvgIpc) is 2.36. The minimum Gasteiger partial charge on any atom is -0.380 e. The Morgan fingerprint density at radius 1 is 1.39 bits per heavy atom. The van der Waals surface area contributed by atoms with Crippen LogP contribution in [0.4, 0.5) is 4.39 Å². The van der Waals surface area contributed by atoms with Gasteiger partial charge in [0.05, 0.1) is 17.2 Å². The van der Waals surface area contributed by atoms with Crippen LogP contribution in [0.2, 0.25) is 5.02 Å². The highest BCUT2D eigenvalue weighted by molar-refractivity contribution is 6.31. The van der Waals surface area contributed by atoms with E-state index >= 15 is 0 Å². The topological polar surface area (TPSA) is 38.3 Å². The number of benzene rings is 1. The van der Waals surface area contributed by atoms with Crippen LogP contribution in [0.1, 0.15) is 16.8 Å². The quantitative estimate of drug-likeness (QED) is 0.620. The van der Waals surface area contributed by atoms with Crippen LogP contribution in [0.5, 0.6) is 0 Å². The van der Waals surface area contributed by atoms with Crippen LogP contribution in [-0.4, -0.2) is 31.5 Å². The zero-order chi connectivity index (χ0) is 13.4. The predicted molar refractivity (Wildman–Crippen MR) is 69.9 cm³/mol. The number of amides is 1. The molecular formula is C12H14Cl2FNO2. The minimum atomic E-state index is -0.699. The van der Waals surface area contributed by atoms with E-state index in [0.29, 0.717) is 32.1 Å². The molecule has 1 amide bonds. The smallest absolute Gasteiger partial charge is 0.254 e. The molecule has 0 aliphatic rings. The lowest BCUT2D eigenvalue weighted by molar-refractivity contribution is 0.0940. The minimum absolute atomic E-state index is 0.0517. The maximum Gasteiger partial charge on any atom is 0.254 e. The summed E-state index contributed by atoms with van der Waals surface area (Å²) in [5.74, 6) is -0.734. The summed E-state index contributed by atoms with van der Waals surface area (Å²) < 4.78 is 18.6. The second kappa shape index (κ2) is 8.29. The zero-order valence-electron chi connectivity index (χ0n) is 9.72. The van der Waals surface area contributed by atoms with Crippen LogP contribution >= 0.6 is 23.2 Å². The number of hydrogen-bond donors (Lipinski definition) is 1. The van der Waals surface area contributed by atoms with E-state index in [1.807, 2.05) is 0 Å². The molecule has 0 radical (unpaired) electrons. The third-order valence-corrected chi connectivity index (χ3v) is 2.61. The van der Waals surface area contributed by atoms with E-state index in [9.17, 15) is 9.18 Å². The van der Waals surface area contributed by atoms with Gasteiger partial charge in [-0.25, -0.2) is 4.39 Å². The average molecular weight is 294 g/mol. The second-order valence-corrected chi connectivity index (χ2v) is 4.30. The highest BCUT2D eigenvalue weighted by Gasteiger charge is 2.13. The number of nitrogens with one attached hydrogen (secondary N) is 1. The number of rotatable bonds is 7. The molecule has 0 bridgehead atoms. The molecule has 1 N–H and O–H groups in total. The van der Waals surface area contributed by atoms with Crippen molar-refractivity contribution in [3.8, 4) is 0 Å². The number of halogens is 3. The molecular weight excluding hydrogens is 280 g/mol. The summed E-state index contributed by atoms with van der Waals surface area (Å²) in [5.41, 5.74) is -0.0517.